The van der Waals surface area contributed by atoms with Crippen molar-refractivity contribution in [3.8, 4) is 0 Å². The smallest absolute Gasteiger partial charge is 0.338 e. The summed E-state index contributed by atoms with van der Waals surface area (Å²) >= 11 is 1.36. The molecule has 0 bridgehead atoms. The van der Waals surface area contributed by atoms with Gasteiger partial charge in [0.15, 0.2) is 5.78 Å². The molecule has 10 nitrogen and oxygen atoms in total. The Morgan fingerprint density at radius 1 is 1.09 bits per heavy atom. The lowest BCUT2D eigenvalue weighted by molar-refractivity contribution is -0.384. The fourth-order valence-electron chi connectivity index (χ4n) is 5.77. The summed E-state index contributed by atoms with van der Waals surface area (Å²) in [5.74, 6) is -6.34. The molecule has 12 heteroatoms. The van der Waals surface area contributed by atoms with E-state index in [2.05, 4.69) is 0 Å². The highest BCUT2D eigenvalue weighted by Crippen LogP contribution is 2.52. The van der Waals surface area contributed by atoms with Gasteiger partial charge in [0.25, 0.3) is 5.69 Å². The largest absolute Gasteiger partial charge is 0.465 e. The Morgan fingerprint density at radius 2 is 1.84 bits per heavy atom. The third-order valence-electron chi connectivity index (χ3n) is 7.49. The van der Waals surface area contributed by atoms with E-state index in [1.165, 1.54) is 58.7 Å². The Bertz CT molecular complexity index is 1670. The van der Waals surface area contributed by atoms with E-state index in [0.717, 1.165) is 4.88 Å². The van der Waals surface area contributed by atoms with Crippen LogP contribution in [0.5, 0.6) is 0 Å². The number of ketones is 1. The first-order valence-corrected chi connectivity index (χ1v) is 14.5. The summed E-state index contributed by atoms with van der Waals surface area (Å²) in [5.41, 5.74) is 6.70. The monoisotopic (exact) mass is 605 g/mol. The fourth-order valence-corrected chi connectivity index (χ4v) is 6.63. The molecule has 3 aromatic rings. The molecule has 0 saturated heterocycles. The Hall–Kier alpha value is -4.84. The molecule has 2 aliphatic rings. The van der Waals surface area contributed by atoms with Crippen molar-refractivity contribution in [2.75, 3.05) is 18.1 Å². The Balaban J connectivity index is 1.85. The van der Waals surface area contributed by atoms with Gasteiger partial charge in [-0.15, -0.1) is 11.3 Å². The molecule has 1 aliphatic heterocycles. The van der Waals surface area contributed by atoms with Gasteiger partial charge in [0, 0.05) is 34.2 Å². The van der Waals surface area contributed by atoms with Gasteiger partial charge >= 0.3 is 11.9 Å². The molecule has 2 heterocycles. The van der Waals surface area contributed by atoms with Crippen LogP contribution in [0.25, 0.3) is 0 Å². The van der Waals surface area contributed by atoms with Crippen LogP contribution in [-0.4, -0.2) is 35.9 Å². The molecule has 0 radical (unpaired) electrons. The lowest BCUT2D eigenvalue weighted by Gasteiger charge is -2.43. The highest BCUT2D eigenvalue weighted by molar-refractivity contribution is 7.10. The van der Waals surface area contributed by atoms with Crippen molar-refractivity contribution in [3.63, 3.8) is 0 Å². The van der Waals surface area contributed by atoms with Crippen LogP contribution in [0.3, 0.4) is 0 Å². The van der Waals surface area contributed by atoms with E-state index in [4.69, 9.17) is 15.2 Å². The van der Waals surface area contributed by atoms with Crippen LogP contribution in [0.2, 0.25) is 0 Å². The first kappa shape index (κ1) is 29.6. The van der Waals surface area contributed by atoms with E-state index in [1.54, 1.807) is 32.0 Å². The van der Waals surface area contributed by atoms with Crippen LogP contribution in [0.4, 0.5) is 15.8 Å². The third-order valence-corrected chi connectivity index (χ3v) is 8.50. The second-order valence-electron chi connectivity index (χ2n) is 9.87. The number of nitrogens with zero attached hydrogens (tertiary/aromatic N) is 2. The number of Topliss-reactive ketones (excluding diaryl/α,β-unsaturated/α-hetero) is 1. The number of para-hydroxylation sites is 1. The van der Waals surface area contributed by atoms with Crippen LogP contribution in [0.15, 0.2) is 88.7 Å². The van der Waals surface area contributed by atoms with E-state index >= 15 is 4.39 Å². The number of nitro groups is 1. The van der Waals surface area contributed by atoms with Gasteiger partial charge in [0.2, 0.25) is 0 Å². The number of rotatable bonds is 8. The zero-order valence-corrected chi connectivity index (χ0v) is 24.1. The topological polar surface area (TPSA) is 142 Å². The van der Waals surface area contributed by atoms with Crippen molar-refractivity contribution < 1.29 is 33.2 Å². The molecule has 2 aromatic carbocycles. The summed E-state index contributed by atoms with van der Waals surface area (Å²) in [6, 6.07) is 14.9. The van der Waals surface area contributed by atoms with Crippen molar-refractivity contribution in [1.29, 1.82) is 0 Å². The minimum atomic E-state index is -1.29. The molecule has 1 aliphatic carbocycles. The van der Waals surface area contributed by atoms with Gasteiger partial charge < -0.3 is 15.2 Å². The molecule has 43 heavy (non-hydrogen) atoms. The van der Waals surface area contributed by atoms with E-state index in [1.807, 2.05) is 5.38 Å². The van der Waals surface area contributed by atoms with Crippen LogP contribution in [-0.2, 0) is 23.9 Å². The lowest BCUT2D eigenvalue weighted by atomic mass is 9.68. The number of ether oxygens (including phenoxy) is 2. The number of non-ortho nitro benzene ring substituents is 1. The normalized spacial score (nSPS) is 20.1. The fraction of sp³-hybridized carbons (Fsp3) is 0.258. The van der Waals surface area contributed by atoms with E-state index < -0.39 is 46.2 Å². The van der Waals surface area contributed by atoms with Crippen molar-refractivity contribution in [1.82, 2.24) is 0 Å². The summed E-state index contributed by atoms with van der Waals surface area (Å²) in [6.07, 6.45) is 0.0572. The van der Waals surface area contributed by atoms with E-state index in [9.17, 15) is 24.5 Å². The molecule has 0 fully saturated rings. The number of halogens is 1. The minimum Gasteiger partial charge on any atom is -0.465 e. The Kier molecular flexibility index (Phi) is 8.40. The predicted octanol–water partition coefficient (Wildman–Crippen LogP) is 5.32. The number of nitrogens with two attached hydrogens (primary N) is 1. The maximum absolute atomic E-state index is 15.4. The third kappa shape index (κ3) is 5.29. The zero-order valence-electron chi connectivity index (χ0n) is 23.3. The van der Waals surface area contributed by atoms with Crippen LogP contribution < -0.4 is 10.6 Å². The number of hydrogen-bond donors (Lipinski definition) is 1. The lowest BCUT2D eigenvalue weighted by Crippen LogP contribution is -2.46. The van der Waals surface area contributed by atoms with Gasteiger partial charge in [-0.25, -0.2) is 9.18 Å². The maximum Gasteiger partial charge on any atom is 0.338 e. The quantitative estimate of drug-likeness (QED) is 0.156. The molecule has 222 valence electrons. The Labute approximate surface area is 250 Å². The SMILES string of the molecule is CCOC(=O)C1=C(N)N(c2ccccc2F)C2=C(C(=O)[C@@H](C(=O)OCC)[C@H](c3cccs3)C2)[C@@H]1c1cccc([N+](=O)[O-])c1. The molecular formula is C31H28FN3O7S. The molecule has 2 N–H and O–H groups in total. The van der Waals surface area contributed by atoms with Crippen molar-refractivity contribution in [2.24, 2.45) is 11.7 Å². The van der Waals surface area contributed by atoms with E-state index in [-0.39, 0.29) is 59.2 Å². The van der Waals surface area contributed by atoms with Crippen LogP contribution in [0, 0.1) is 21.8 Å². The second-order valence-corrected chi connectivity index (χ2v) is 10.9. The Morgan fingerprint density at radius 3 is 2.49 bits per heavy atom. The molecule has 0 unspecified atom stereocenters. The summed E-state index contributed by atoms with van der Waals surface area (Å²) in [5, 5.41) is 13.5. The number of allylic oxidation sites excluding steroid dienone is 2. The first-order valence-electron chi connectivity index (χ1n) is 13.6. The molecule has 3 atom stereocenters. The summed E-state index contributed by atoms with van der Waals surface area (Å²) in [4.78, 5) is 54.8. The average molecular weight is 606 g/mol. The number of hydrogen-bond acceptors (Lipinski definition) is 10. The zero-order chi connectivity index (χ0) is 30.8. The molecule has 0 spiro atoms. The van der Waals surface area contributed by atoms with Gasteiger partial charge in [-0.05, 0) is 49.4 Å². The molecule has 0 saturated carbocycles. The highest BCUT2D eigenvalue weighted by atomic mass is 32.1. The minimum absolute atomic E-state index is 0.00753. The van der Waals surface area contributed by atoms with Gasteiger partial charge in [0.05, 0.1) is 35.3 Å². The summed E-state index contributed by atoms with van der Waals surface area (Å²) in [6.45, 7) is 3.21. The average Bonchev–Trinajstić information content (AvgIpc) is 3.52. The summed E-state index contributed by atoms with van der Waals surface area (Å²) in [7, 11) is 0. The van der Waals surface area contributed by atoms with Crippen LogP contribution in [0.1, 0.15) is 42.5 Å². The van der Waals surface area contributed by atoms with Crippen LogP contribution >= 0.6 is 11.3 Å². The molecule has 0 amide bonds. The predicted molar refractivity (Wildman–Crippen MR) is 156 cm³/mol. The van der Waals surface area contributed by atoms with Gasteiger partial charge in [-0.2, -0.15) is 0 Å². The van der Waals surface area contributed by atoms with Crippen molar-refractivity contribution in [3.05, 3.63) is 115 Å². The van der Waals surface area contributed by atoms with Gasteiger partial charge in [-0.1, -0.05) is 30.3 Å². The number of carbonyl (C=O) groups excluding carboxylic acids is 3. The first-order chi connectivity index (χ1) is 20.7. The highest BCUT2D eigenvalue weighted by Gasteiger charge is 2.52. The van der Waals surface area contributed by atoms with Gasteiger partial charge in [-0.3, -0.25) is 24.6 Å². The molecule has 1 aromatic heterocycles. The molecule has 5 rings (SSSR count). The number of nitro benzene ring substituents is 1. The summed E-state index contributed by atoms with van der Waals surface area (Å²) < 4.78 is 26.1. The number of anilines is 1. The number of benzene rings is 2. The molecular weight excluding hydrogens is 577 g/mol. The van der Waals surface area contributed by atoms with Gasteiger partial charge in [0.1, 0.15) is 17.6 Å². The number of carbonyl (C=O) groups is 3. The van der Waals surface area contributed by atoms with Crippen molar-refractivity contribution in [2.45, 2.75) is 32.1 Å². The second kappa shape index (κ2) is 12.2. The number of thiophene rings is 1. The standard InChI is InChI=1S/C31H28FN3O7S/c1-3-41-30(37)25-19(23-13-8-14-43-23)16-22-26(28(25)36)24(17-9-7-10-18(15-17)35(39)40)27(31(38)42-4-2)29(33)34(22)21-12-6-5-11-20(21)32/h5-15,19,24-25H,3-4,16,33H2,1-2H3/t19-,24-,25-/m0/s1. The van der Waals surface area contributed by atoms with E-state index in [0.29, 0.717) is 0 Å². The maximum atomic E-state index is 15.4. The number of esters is 2. The van der Waals surface area contributed by atoms with Crippen molar-refractivity contribution >= 4 is 40.4 Å².